The normalized spacial score (nSPS) is 13.3. The SMILES string of the molecule is O=C(O)CCc1cn(S(=O)C/C=C\C=C/CC(F)(F)F)c2ccc(-c3cccnc3)cc12. The molecule has 168 valence electrons. The number of aromatic nitrogens is 2. The average molecular weight is 462 g/mol. The van der Waals surface area contributed by atoms with Gasteiger partial charge in [-0.1, -0.05) is 36.4 Å². The quantitative estimate of drug-likeness (QED) is 0.438. The zero-order chi connectivity index (χ0) is 23.1. The van der Waals surface area contributed by atoms with Crippen LogP contribution in [0.5, 0.6) is 0 Å². The molecule has 0 bridgehead atoms. The summed E-state index contributed by atoms with van der Waals surface area (Å²) in [6.07, 6.45) is 5.27. The Morgan fingerprint density at radius 3 is 2.62 bits per heavy atom. The van der Waals surface area contributed by atoms with Gasteiger partial charge in [0.2, 0.25) is 0 Å². The maximum atomic E-state index is 12.8. The maximum Gasteiger partial charge on any atom is 0.392 e. The number of halogens is 3. The first kappa shape index (κ1) is 23.5. The lowest BCUT2D eigenvalue weighted by Gasteiger charge is -2.05. The number of fused-ring (bicyclic) bond motifs is 1. The van der Waals surface area contributed by atoms with Crippen LogP contribution >= 0.6 is 0 Å². The van der Waals surface area contributed by atoms with E-state index in [1.165, 1.54) is 18.2 Å². The third kappa shape index (κ3) is 6.40. The first-order chi connectivity index (χ1) is 15.2. The Morgan fingerprint density at radius 1 is 1.16 bits per heavy atom. The Morgan fingerprint density at radius 2 is 1.94 bits per heavy atom. The Hall–Kier alpha value is -3.20. The minimum absolute atomic E-state index is 0.0627. The number of aliphatic carboxylic acids is 1. The van der Waals surface area contributed by atoms with Gasteiger partial charge in [0.15, 0.2) is 0 Å². The summed E-state index contributed by atoms with van der Waals surface area (Å²) in [5.74, 6) is -0.827. The van der Waals surface area contributed by atoms with Gasteiger partial charge >= 0.3 is 12.1 Å². The van der Waals surface area contributed by atoms with Crippen molar-refractivity contribution >= 4 is 27.9 Å². The number of hydrogen-bond donors (Lipinski definition) is 1. The molecule has 32 heavy (non-hydrogen) atoms. The van der Waals surface area contributed by atoms with Gasteiger partial charge in [-0.05, 0) is 35.7 Å². The summed E-state index contributed by atoms with van der Waals surface area (Å²) < 4.78 is 50.9. The molecular weight excluding hydrogens is 441 g/mol. The van der Waals surface area contributed by atoms with Crippen molar-refractivity contribution in [1.82, 2.24) is 8.96 Å². The van der Waals surface area contributed by atoms with Crippen LogP contribution in [0.3, 0.4) is 0 Å². The van der Waals surface area contributed by atoms with E-state index in [9.17, 15) is 22.2 Å². The lowest BCUT2D eigenvalue weighted by molar-refractivity contribution is -0.137. The smallest absolute Gasteiger partial charge is 0.392 e. The van der Waals surface area contributed by atoms with Crippen molar-refractivity contribution in [2.45, 2.75) is 25.4 Å². The molecule has 2 heterocycles. The van der Waals surface area contributed by atoms with Crippen LogP contribution in [-0.4, -0.2) is 36.2 Å². The summed E-state index contributed by atoms with van der Waals surface area (Å²) in [6.45, 7) is 0. The third-order valence-electron chi connectivity index (χ3n) is 4.65. The lowest BCUT2D eigenvalue weighted by Crippen LogP contribution is -2.06. The molecule has 1 N–H and O–H groups in total. The molecule has 5 nitrogen and oxygen atoms in total. The molecule has 0 aliphatic heterocycles. The van der Waals surface area contributed by atoms with Crippen molar-refractivity contribution in [3.05, 3.63) is 78.8 Å². The predicted octanol–water partition coefficient (Wildman–Crippen LogP) is 5.30. The van der Waals surface area contributed by atoms with Crippen LogP contribution in [0.15, 0.2) is 73.2 Å². The minimum Gasteiger partial charge on any atom is -0.481 e. The standard InChI is InChI=1S/C23H21F3N2O3S/c24-23(25,26)11-3-1-2-4-13-32(31)28-16-19(8-10-22(29)30)20-14-17(7-9-21(20)28)18-6-5-12-27-15-18/h1-7,9,12,14-16H,8,10-11,13H2,(H,29,30)/b3-1-,4-2-. The van der Waals surface area contributed by atoms with E-state index in [1.54, 1.807) is 22.6 Å². The summed E-state index contributed by atoms with van der Waals surface area (Å²) in [5, 5.41) is 9.87. The van der Waals surface area contributed by atoms with Crippen molar-refractivity contribution in [3.8, 4) is 11.1 Å². The van der Waals surface area contributed by atoms with Crippen LogP contribution in [-0.2, 0) is 22.2 Å². The molecule has 3 aromatic rings. The third-order valence-corrected chi connectivity index (χ3v) is 5.87. The molecule has 0 spiro atoms. The highest BCUT2D eigenvalue weighted by Gasteiger charge is 2.24. The first-order valence-electron chi connectivity index (χ1n) is 9.78. The van der Waals surface area contributed by atoms with E-state index in [-0.39, 0.29) is 18.6 Å². The summed E-state index contributed by atoms with van der Waals surface area (Å²) in [6, 6.07) is 9.36. The Labute approximate surface area is 185 Å². The zero-order valence-electron chi connectivity index (χ0n) is 17.0. The zero-order valence-corrected chi connectivity index (χ0v) is 17.8. The molecular formula is C23H21F3N2O3S. The highest BCUT2D eigenvalue weighted by Crippen LogP contribution is 2.29. The van der Waals surface area contributed by atoms with E-state index in [2.05, 4.69) is 4.98 Å². The molecule has 0 fully saturated rings. The largest absolute Gasteiger partial charge is 0.481 e. The Kier molecular flexibility index (Phi) is 7.63. The number of nitrogens with zero attached hydrogens (tertiary/aromatic N) is 2. The minimum atomic E-state index is -4.25. The van der Waals surface area contributed by atoms with Crippen LogP contribution in [0, 0.1) is 0 Å². The summed E-state index contributed by atoms with van der Waals surface area (Å²) in [7, 11) is -1.51. The van der Waals surface area contributed by atoms with Crippen LogP contribution in [0.2, 0.25) is 0 Å². The van der Waals surface area contributed by atoms with E-state index in [0.717, 1.165) is 28.2 Å². The predicted molar refractivity (Wildman–Crippen MR) is 118 cm³/mol. The molecule has 1 atom stereocenters. The molecule has 2 aromatic heterocycles. The second-order valence-corrected chi connectivity index (χ2v) is 8.38. The number of carboxylic acid groups (broad SMARTS) is 1. The van der Waals surface area contributed by atoms with Gasteiger partial charge in [0, 0.05) is 36.0 Å². The number of hydrogen-bond acceptors (Lipinski definition) is 3. The molecule has 0 radical (unpaired) electrons. The van der Waals surface area contributed by atoms with Gasteiger partial charge in [0.05, 0.1) is 17.7 Å². The molecule has 3 rings (SSSR count). The van der Waals surface area contributed by atoms with Crippen LogP contribution < -0.4 is 0 Å². The van der Waals surface area contributed by atoms with E-state index < -0.39 is 29.6 Å². The molecule has 0 aliphatic carbocycles. The monoisotopic (exact) mass is 462 g/mol. The van der Waals surface area contributed by atoms with Gasteiger partial charge in [0.1, 0.15) is 11.0 Å². The maximum absolute atomic E-state index is 12.8. The first-order valence-corrected chi connectivity index (χ1v) is 11.1. The van der Waals surface area contributed by atoms with Gasteiger partial charge in [-0.25, -0.2) is 4.21 Å². The number of carboxylic acids is 1. The van der Waals surface area contributed by atoms with Crippen molar-refractivity contribution in [1.29, 1.82) is 0 Å². The number of pyridine rings is 1. The number of rotatable bonds is 9. The molecule has 0 aliphatic rings. The van der Waals surface area contributed by atoms with Crippen LogP contribution in [0.25, 0.3) is 22.0 Å². The molecule has 1 unspecified atom stereocenters. The van der Waals surface area contributed by atoms with Gasteiger partial charge < -0.3 is 5.11 Å². The highest BCUT2D eigenvalue weighted by atomic mass is 32.2. The van der Waals surface area contributed by atoms with Crippen LogP contribution in [0.4, 0.5) is 13.2 Å². The summed E-state index contributed by atoms with van der Waals surface area (Å²) in [5.41, 5.74) is 3.26. The topological polar surface area (TPSA) is 72.2 Å². The van der Waals surface area contributed by atoms with E-state index in [0.29, 0.717) is 5.52 Å². The van der Waals surface area contributed by atoms with Gasteiger partial charge in [0.25, 0.3) is 0 Å². The fourth-order valence-electron chi connectivity index (χ4n) is 3.17. The number of aryl methyl sites for hydroxylation is 1. The van der Waals surface area contributed by atoms with Crippen LogP contribution in [0.1, 0.15) is 18.4 Å². The summed E-state index contributed by atoms with van der Waals surface area (Å²) in [4.78, 5) is 15.2. The van der Waals surface area contributed by atoms with Crippen molar-refractivity contribution in [2.24, 2.45) is 0 Å². The van der Waals surface area contributed by atoms with E-state index >= 15 is 0 Å². The fourth-order valence-corrected chi connectivity index (χ4v) is 4.23. The molecule has 1 aromatic carbocycles. The van der Waals surface area contributed by atoms with Gasteiger partial charge in [-0.2, -0.15) is 13.2 Å². The second kappa shape index (κ2) is 10.4. The molecule has 0 saturated carbocycles. The second-order valence-electron chi connectivity index (χ2n) is 7.01. The van der Waals surface area contributed by atoms with Crippen molar-refractivity contribution in [2.75, 3.05) is 5.75 Å². The molecule has 0 saturated heterocycles. The highest BCUT2D eigenvalue weighted by molar-refractivity contribution is 7.83. The fraction of sp³-hybridized carbons (Fsp3) is 0.217. The number of alkyl halides is 3. The van der Waals surface area contributed by atoms with E-state index in [1.807, 2.05) is 30.3 Å². The van der Waals surface area contributed by atoms with Crippen molar-refractivity contribution in [3.63, 3.8) is 0 Å². The number of allylic oxidation sites excluding steroid dienone is 3. The van der Waals surface area contributed by atoms with E-state index in [4.69, 9.17) is 5.11 Å². The van der Waals surface area contributed by atoms with Gasteiger partial charge in [-0.3, -0.25) is 13.8 Å². The molecule has 9 heteroatoms. The Bertz CT molecular complexity index is 1170. The average Bonchev–Trinajstić information content (AvgIpc) is 3.12. The van der Waals surface area contributed by atoms with Gasteiger partial charge in [-0.15, -0.1) is 0 Å². The molecule has 0 amide bonds. The summed E-state index contributed by atoms with van der Waals surface area (Å²) >= 11 is 0. The number of benzene rings is 1. The Balaban J connectivity index is 1.86. The lowest BCUT2D eigenvalue weighted by atomic mass is 10.0. The number of carbonyl (C=O) groups is 1. The van der Waals surface area contributed by atoms with Crippen molar-refractivity contribution < 1.29 is 27.3 Å².